The Balaban J connectivity index is 1.20. The second-order valence-corrected chi connectivity index (χ2v) is 12.0. The van der Waals surface area contributed by atoms with Gasteiger partial charge in [-0.25, -0.2) is 4.79 Å². The molecule has 4 aliphatic carbocycles. The van der Waals surface area contributed by atoms with E-state index in [2.05, 4.69) is 13.8 Å². The Kier molecular flexibility index (Phi) is 3.43. The molecule has 0 radical (unpaired) electrons. The van der Waals surface area contributed by atoms with Crippen LogP contribution in [0.5, 0.6) is 0 Å². The number of aliphatic carboxylic acids is 1. The van der Waals surface area contributed by atoms with Gasteiger partial charge in [0, 0.05) is 17.4 Å². The average Bonchev–Trinajstić information content (AvgIpc) is 3.61. The topological polar surface area (TPSA) is 88.7 Å². The molecule has 0 amide bonds. The van der Waals surface area contributed by atoms with Gasteiger partial charge in [-0.3, -0.25) is 4.79 Å². The molecule has 0 bridgehead atoms. The summed E-state index contributed by atoms with van der Waals surface area (Å²) in [7, 11) is 0. The summed E-state index contributed by atoms with van der Waals surface area (Å²) >= 11 is 0. The van der Waals surface area contributed by atoms with Crippen LogP contribution in [0.4, 0.5) is 0 Å². The number of hydrogen-bond acceptors (Lipinski definition) is 5. The van der Waals surface area contributed by atoms with Gasteiger partial charge in [-0.2, -0.15) is 0 Å². The SMILES string of the molecule is C[C@]12CC[C@H](C(=O)O)C[C@H]1CC[C@@H]1[C@@H]2CC[C@]2(C)[C@@H]([C@@]34C=CC(=O)O[C@H]3O4)C[C@H]3O[C@]132. The summed E-state index contributed by atoms with van der Waals surface area (Å²) < 4.78 is 18.1. The number of carboxylic acid groups (broad SMARTS) is 1. The molecule has 2 saturated heterocycles. The zero-order valence-corrected chi connectivity index (χ0v) is 18.3. The van der Waals surface area contributed by atoms with Crippen LogP contribution in [-0.2, 0) is 23.8 Å². The van der Waals surface area contributed by atoms with Crippen molar-refractivity contribution in [3.63, 3.8) is 0 Å². The molecule has 31 heavy (non-hydrogen) atoms. The number of ether oxygens (including phenoxy) is 3. The van der Waals surface area contributed by atoms with Crippen LogP contribution >= 0.6 is 0 Å². The summed E-state index contributed by atoms with van der Waals surface area (Å²) in [4.78, 5) is 23.3. The van der Waals surface area contributed by atoms with Crippen LogP contribution in [0, 0.1) is 40.4 Å². The average molecular weight is 429 g/mol. The summed E-state index contributed by atoms with van der Waals surface area (Å²) in [6.45, 7) is 4.87. The fourth-order valence-electron chi connectivity index (χ4n) is 9.69. The predicted molar refractivity (Wildman–Crippen MR) is 109 cm³/mol. The first-order chi connectivity index (χ1) is 14.7. The fraction of sp³-hybridized carbons (Fsp3) is 0.840. The van der Waals surface area contributed by atoms with Crippen LogP contribution in [-0.4, -0.2) is 40.6 Å². The number of carbonyl (C=O) groups excluding carboxylic acids is 1. The zero-order valence-electron chi connectivity index (χ0n) is 18.3. The van der Waals surface area contributed by atoms with Crippen molar-refractivity contribution in [3.05, 3.63) is 12.2 Å². The van der Waals surface area contributed by atoms with E-state index in [1.165, 1.54) is 6.42 Å². The molecule has 3 aliphatic heterocycles. The van der Waals surface area contributed by atoms with Gasteiger partial charge in [-0.1, -0.05) is 13.8 Å². The number of epoxide rings is 2. The monoisotopic (exact) mass is 428 g/mol. The molecule has 7 aliphatic rings. The third kappa shape index (κ3) is 2.08. The van der Waals surface area contributed by atoms with E-state index in [1.54, 1.807) is 6.08 Å². The van der Waals surface area contributed by atoms with Crippen LogP contribution in [0.15, 0.2) is 12.2 Å². The molecule has 1 spiro atoms. The van der Waals surface area contributed by atoms with Crippen LogP contribution in [0.1, 0.15) is 65.2 Å². The van der Waals surface area contributed by atoms with E-state index in [0.29, 0.717) is 23.7 Å². The minimum atomic E-state index is -0.609. The highest BCUT2D eigenvalue weighted by molar-refractivity contribution is 5.84. The van der Waals surface area contributed by atoms with Crippen molar-refractivity contribution in [2.75, 3.05) is 0 Å². The number of carboxylic acids is 1. The third-order valence-electron chi connectivity index (χ3n) is 11.3. The number of fused-ring (bicyclic) bond motifs is 4. The number of hydrogen-bond donors (Lipinski definition) is 1. The maximum Gasteiger partial charge on any atom is 0.332 e. The molecule has 6 fully saturated rings. The summed E-state index contributed by atoms with van der Waals surface area (Å²) in [6, 6.07) is 0. The highest BCUT2D eigenvalue weighted by Gasteiger charge is 2.85. The zero-order chi connectivity index (χ0) is 21.4. The van der Waals surface area contributed by atoms with E-state index < -0.39 is 17.9 Å². The highest BCUT2D eigenvalue weighted by atomic mass is 16.8. The van der Waals surface area contributed by atoms with Gasteiger partial charge in [0.05, 0.1) is 12.0 Å². The highest BCUT2D eigenvalue weighted by Crippen LogP contribution is 2.79. The molecule has 7 rings (SSSR count). The Morgan fingerprint density at radius 3 is 2.68 bits per heavy atom. The van der Waals surface area contributed by atoms with Crippen molar-refractivity contribution in [1.29, 1.82) is 0 Å². The molecule has 11 atom stereocenters. The first kappa shape index (κ1) is 19.1. The molecule has 0 unspecified atom stereocenters. The maximum atomic E-state index is 11.7. The van der Waals surface area contributed by atoms with Crippen molar-refractivity contribution in [2.45, 2.75) is 88.8 Å². The van der Waals surface area contributed by atoms with E-state index in [0.717, 1.165) is 44.9 Å². The van der Waals surface area contributed by atoms with Crippen molar-refractivity contribution in [3.8, 4) is 0 Å². The quantitative estimate of drug-likeness (QED) is 0.533. The first-order valence-electron chi connectivity index (χ1n) is 12.2. The lowest BCUT2D eigenvalue weighted by Gasteiger charge is -2.61. The minimum absolute atomic E-state index is 0.0309. The molecule has 168 valence electrons. The Morgan fingerprint density at radius 2 is 1.90 bits per heavy atom. The second-order valence-electron chi connectivity index (χ2n) is 12.0. The van der Waals surface area contributed by atoms with Crippen molar-refractivity contribution in [2.24, 2.45) is 40.4 Å². The molecule has 4 saturated carbocycles. The largest absolute Gasteiger partial charge is 0.481 e. The lowest BCUT2D eigenvalue weighted by molar-refractivity contribution is -0.159. The Morgan fingerprint density at radius 1 is 1.06 bits per heavy atom. The second kappa shape index (κ2) is 5.56. The van der Waals surface area contributed by atoms with Crippen LogP contribution in [0.3, 0.4) is 0 Å². The van der Waals surface area contributed by atoms with Crippen LogP contribution in [0.2, 0.25) is 0 Å². The molecule has 6 heteroatoms. The van der Waals surface area contributed by atoms with Gasteiger partial charge in [-0.05, 0) is 80.6 Å². The van der Waals surface area contributed by atoms with E-state index in [1.807, 2.05) is 6.08 Å². The molecule has 1 N–H and O–H groups in total. The molecular weight excluding hydrogens is 396 g/mol. The van der Waals surface area contributed by atoms with E-state index >= 15 is 0 Å². The Labute approximate surface area is 182 Å². The van der Waals surface area contributed by atoms with E-state index in [9.17, 15) is 14.7 Å². The Hall–Kier alpha value is -1.40. The van der Waals surface area contributed by atoms with Gasteiger partial charge >= 0.3 is 11.9 Å². The van der Waals surface area contributed by atoms with Crippen molar-refractivity contribution >= 4 is 11.9 Å². The van der Waals surface area contributed by atoms with E-state index in [-0.39, 0.29) is 34.4 Å². The van der Waals surface area contributed by atoms with Gasteiger partial charge < -0.3 is 19.3 Å². The van der Waals surface area contributed by atoms with Crippen LogP contribution < -0.4 is 0 Å². The van der Waals surface area contributed by atoms with Gasteiger partial charge in [-0.15, -0.1) is 0 Å². The third-order valence-corrected chi connectivity index (χ3v) is 11.3. The lowest BCUT2D eigenvalue weighted by Crippen LogP contribution is -2.59. The molecule has 0 aromatic rings. The normalized spacial score (nSPS) is 60.6. The smallest absolute Gasteiger partial charge is 0.332 e. The fourth-order valence-corrected chi connectivity index (χ4v) is 9.69. The standard InChI is InChI=1S/C25H32O6/c1-22-8-5-13(20(27)28)11-14(22)3-4-16-15(22)6-9-23(2)17(12-18-25(16,23)30-18)24-10-7-19(26)29-21(24)31-24/h7,10,13-18,21H,3-6,8-9,11-12H2,1-2H3,(H,27,28)/t13-,14+,15-,16+,17-,18+,21-,22-,23+,24-,25+/m0/s1. The molecule has 6 nitrogen and oxygen atoms in total. The first-order valence-corrected chi connectivity index (χ1v) is 12.2. The van der Waals surface area contributed by atoms with Crippen molar-refractivity contribution in [1.82, 2.24) is 0 Å². The number of rotatable bonds is 2. The molecule has 0 aromatic heterocycles. The van der Waals surface area contributed by atoms with Gasteiger partial charge in [0.1, 0.15) is 5.60 Å². The summed E-state index contributed by atoms with van der Waals surface area (Å²) in [5.74, 6) is 0.938. The number of esters is 1. The van der Waals surface area contributed by atoms with Crippen LogP contribution in [0.25, 0.3) is 0 Å². The molecular formula is C25H32O6. The molecule has 0 aromatic carbocycles. The summed E-state index contributed by atoms with van der Waals surface area (Å²) in [6.07, 6.45) is 11.6. The van der Waals surface area contributed by atoms with Gasteiger partial charge in [0.15, 0.2) is 5.60 Å². The lowest BCUT2D eigenvalue weighted by atomic mass is 9.43. The van der Waals surface area contributed by atoms with E-state index in [4.69, 9.17) is 14.2 Å². The summed E-state index contributed by atoms with van der Waals surface area (Å²) in [5, 5.41) is 9.58. The maximum absolute atomic E-state index is 11.7. The Bertz CT molecular complexity index is 914. The van der Waals surface area contributed by atoms with Crippen molar-refractivity contribution < 1.29 is 28.9 Å². The molecule has 3 heterocycles. The predicted octanol–water partition coefficient (Wildman–Crippen LogP) is 3.69. The summed E-state index contributed by atoms with van der Waals surface area (Å²) in [5.41, 5.74) is -0.251. The minimum Gasteiger partial charge on any atom is -0.481 e. The van der Waals surface area contributed by atoms with Gasteiger partial charge in [0.2, 0.25) is 6.29 Å². The number of carbonyl (C=O) groups is 2. The van der Waals surface area contributed by atoms with Gasteiger partial charge in [0.25, 0.3) is 0 Å².